The molecule has 1 aromatic carbocycles. The molecule has 2 amide bonds. The highest BCUT2D eigenvalue weighted by molar-refractivity contribution is 5.91. The minimum absolute atomic E-state index is 0.0778. The van der Waals surface area contributed by atoms with E-state index >= 15 is 0 Å². The lowest BCUT2D eigenvalue weighted by Gasteiger charge is -2.46. The van der Waals surface area contributed by atoms with Crippen molar-refractivity contribution in [3.63, 3.8) is 0 Å². The Morgan fingerprint density at radius 2 is 1.89 bits per heavy atom. The number of rotatable bonds is 5. The molecule has 1 aliphatic carbocycles. The van der Waals surface area contributed by atoms with E-state index in [-0.39, 0.29) is 24.4 Å². The Hall–Kier alpha value is -3.70. The summed E-state index contributed by atoms with van der Waals surface area (Å²) < 4.78 is 39.2. The molecule has 3 aliphatic rings. The molecule has 1 saturated carbocycles. The third-order valence-electron chi connectivity index (χ3n) is 7.15. The Morgan fingerprint density at radius 1 is 1.13 bits per heavy atom. The summed E-state index contributed by atoms with van der Waals surface area (Å²) in [6, 6.07) is 4.96. The van der Waals surface area contributed by atoms with E-state index in [1.54, 1.807) is 36.3 Å². The minimum atomic E-state index is -0.978. The lowest BCUT2D eigenvalue weighted by molar-refractivity contribution is -0.143. The average Bonchev–Trinajstić information content (AvgIpc) is 3.19. The lowest BCUT2D eigenvalue weighted by atomic mass is 9.75. The van der Waals surface area contributed by atoms with Gasteiger partial charge >= 0.3 is 11.8 Å². The van der Waals surface area contributed by atoms with Crippen molar-refractivity contribution in [1.29, 1.82) is 0 Å². The van der Waals surface area contributed by atoms with Crippen molar-refractivity contribution < 1.29 is 27.8 Å². The van der Waals surface area contributed by atoms with E-state index in [9.17, 15) is 23.2 Å². The molecule has 2 fully saturated rings. The van der Waals surface area contributed by atoms with Gasteiger partial charge in [0.15, 0.2) is 11.6 Å². The molecule has 0 radical (unpaired) electrons. The van der Waals surface area contributed by atoms with E-state index in [4.69, 9.17) is 9.47 Å². The molecule has 3 heterocycles. The number of carbonyl (C=O) groups excluding carboxylic acids is 2. The maximum Gasteiger partial charge on any atom is 0.408 e. The quantitative estimate of drug-likeness (QED) is 0.632. The zero-order valence-corrected chi connectivity index (χ0v) is 21.6. The predicted octanol–water partition coefficient (Wildman–Crippen LogP) is 2.58. The van der Waals surface area contributed by atoms with Crippen LogP contribution in [0.5, 0.6) is 5.88 Å². The summed E-state index contributed by atoms with van der Waals surface area (Å²) in [5.41, 5.74) is -1.72. The number of nitrogens with zero attached hydrogens (tertiary/aromatic N) is 4. The second-order valence-electron chi connectivity index (χ2n) is 11.0. The van der Waals surface area contributed by atoms with Crippen LogP contribution in [0.3, 0.4) is 0 Å². The molecule has 1 N–H and O–H groups in total. The largest absolute Gasteiger partial charge is 0.473 e. The summed E-state index contributed by atoms with van der Waals surface area (Å²) in [4.78, 5) is 46.5. The molecule has 38 heavy (non-hydrogen) atoms. The van der Waals surface area contributed by atoms with Gasteiger partial charge in [0.2, 0.25) is 11.8 Å². The number of halogens is 2. The standard InChI is InChI=1S/C26H31F2N5O5/c1-25(2,3)38-24(36)30-26(7-4-8-26)22(34)31-9-10-32-17(13-31)14-33-21(32)12-20(29-23(33)35)37-15-16-5-6-18(27)19(28)11-16/h5-6,11-12,17H,4,7-10,13-15H2,1-3H3,(H,30,36). The smallest absolute Gasteiger partial charge is 0.408 e. The Morgan fingerprint density at radius 3 is 2.55 bits per heavy atom. The van der Waals surface area contributed by atoms with Crippen molar-refractivity contribution in [2.24, 2.45) is 0 Å². The van der Waals surface area contributed by atoms with E-state index in [0.29, 0.717) is 50.4 Å². The monoisotopic (exact) mass is 531 g/mol. The van der Waals surface area contributed by atoms with Crippen LogP contribution in [-0.2, 0) is 22.7 Å². The molecule has 1 saturated heterocycles. The lowest BCUT2D eigenvalue weighted by Crippen LogP contribution is -2.66. The van der Waals surface area contributed by atoms with Crippen LogP contribution in [0.25, 0.3) is 0 Å². The maximum atomic E-state index is 13.5. The van der Waals surface area contributed by atoms with Crippen LogP contribution in [0.2, 0.25) is 0 Å². The molecular weight excluding hydrogens is 500 g/mol. The predicted molar refractivity (Wildman–Crippen MR) is 133 cm³/mol. The Bertz CT molecular complexity index is 1320. The summed E-state index contributed by atoms with van der Waals surface area (Å²) in [6.07, 6.45) is 1.34. The normalized spacial score (nSPS) is 19.8. The number of piperazine rings is 1. The van der Waals surface area contributed by atoms with Gasteiger partial charge in [-0.2, -0.15) is 4.98 Å². The van der Waals surface area contributed by atoms with Gasteiger partial charge in [-0.3, -0.25) is 9.36 Å². The average molecular weight is 532 g/mol. The number of anilines is 1. The van der Waals surface area contributed by atoms with Crippen molar-refractivity contribution >= 4 is 17.8 Å². The summed E-state index contributed by atoms with van der Waals surface area (Å²) in [5.74, 6) is -1.34. The number of hydrogen-bond donors (Lipinski definition) is 1. The molecular formula is C26H31F2N5O5. The number of nitrogens with one attached hydrogen (secondary N) is 1. The summed E-state index contributed by atoms with van der Waals surface area (Å²) >= 11 is 0. The van der Waals surface area contributed by atoms with Gasteiger partial charge in [-0.05, 0) is 57.7 Å². The fourth-order valence-corrected chi connectivity index (χ4v) is 5.18. The van der Waals surface area contributed by atoms with Crippen LogP contribution in [0.15, 0.2) is 29.1 Å². The summed E-state index contributed by atoms with van der Waals surface area (Å²) in [5, 5.41) is 2.82. The van der Waals surface area contributed by atoms with Crippen molar-refractivity contribution in [2.45, 2.75) is 70.4 Å². The zero-order chi connectivity index (χ0) is 27.2. The second-order valence-corrected chi connectivity index (χ2v) is 11.0. The first-order valence-electron chi connectivity index (χ1n) is 12.7. The number of alkyl carbamates (subject to hydrolysis) is 1. The molecule has 0 spiro atoms. The first kappa shape index (κ1) is 25.9. The van der Waals surface area contributed by atoms with Gasteiger partial charge in [0.05, 0.1) is 12.6 Å². The number of hydrogen-bond acceptors (Lipinski definition) is 7. The highest BCUT2D eigenvalue weighted by atomic mass is 19.2. The van der Waals surface area contributed by atoms with E-state index < -0.39 is 34.6 Å². The molecule has 2 aromatic rings. The highest BCUT2D eigenvalue weighted by Crippen LogP contribution is 2.36. The highest BCUT2D eigenvalue weighted by Gasteiger charge is 2.50. The fourth-order valence-electron chi connectivity index (χ4n) is 5.18. The van der Waals surface area contributed by atoms with E-state index in [2.05, 4.69) is 10.3 Å². The molecule has 0 bridgehead atoms. The van der Waals surface area contributed by atoms with Crippen molar-refractivity contribution in [2.75, 3.05) is 24.5 Å². The van der Waals surface area contributed by atoms with Crippen LogP contribution < -0.4 is 20.6 Å². The number of fused-ring (bicyclic) bond motifs is 3. The van der Waals surface area contributed by atoms with Gasteiger partial charge in [-0.25, -0.2) is 18.4 Å². The third-order valence-corrected chi connectivity index (χ3v) is 7.15. The van der Waals surface area contributed by atoms with Gasteiger partial charge < -0.3 is 24.6 Å². The number of aromatic nitrogens is 2. The van der Waals surface area contributed by atoms with Crippen LogP contribution in [0.4, 0.5) is 19.4 Å². The Labute approximate surface area is 218 Å². The topological polar surface area (TPSA) is 106 Å². The molecule has 2 aliphatic heterocycles. The number of amides is 2. The van der Waals surface area contributed by atoms with Crippen molar-refractivity contribution in [3.8, 4) is 5.88 Å². The van der Waals surface area contributed by atoms with Crippen LogP contribution in [0.1, 0.15) is 45.6 Å². The van der Waals surface area contributed by atoms with Crippen LogP contribution >= 0.6 is 0 Å². The van der Waals surface area contributed by atoms with Crippen molar-refractivity contribution in [1.82, 2.24) is 19.8 Å². The SMILES string of the molecule is CC(C)(C)OC(=O)NC1(C(=O)N2CCN3c4cc(OCc5ccc(F)c(F)c5)nc(=O)n4CC3C2)CCC1. The van der Waals surface area contributed by atoms with Crippen molar-refractivity contribution in [3.05, 3.63) is 51.9 Å². The number of benzene rings is 1. The summed E-state index contributed by atoms with van der Waals surface area (Å²) in [7, 11) is 0. The molecule has 5 rings (SSSR count). The molecule has 204 valence electrons. The molecule has 1 atom stereocenters. The molecule has 10 nitrogen and oxygen atoms in total. The first-order chi connectivity index (χ1) is 17.9. The number of carbonyl (C=O) groups is 2. The van der Waals surface area contributed by atoms with Gasteiger partial charge in [-0.1, -0.05) is 6.07 Å². The minimum Gasteiger partial charge on any atom is -0.473 e. The van der Waals surface area contributed by atoms with Gasteiger partial charge in [0.1, 0.15) is 23.6 Å². The van der Waals surface area contributed by atoms with Crippen LogP contribution in [-0.4, -0.2) is 63.3 Å². The Balaban J connectivity index is 1.25. The van der Waals surface area contributed by atoms with Gasteiger partial charge in [0, 0.05) is 25.7 Å². The van der Waals surface area contributed by atoms with Gasteiger partial charge in [-0.15, -0.1) is 0 Å². The van der Waals surface area contributed by atoms with E-state index in [1.807, 2.05) is 4.90 Å². The van der Waals surface area contributed by atoms with Crippen LogP contribution in [0, 0.1) is 11.6 Å². The van der Waals surface area contributed by atoms with E-state index in [1.165, 1.54) is 6.07 Å². The molecule has 12 heteroatoms. The summed E-state index contributed by atoms with van der Waals surface area (Å²) in [6.45, 7) is 6.91. The fraction of sp³-hybridized carbons (Fsp3) is 0.538. The third kappa shape index (κ3) is 5.03. The number of ether oxygens (including phenoxy) is 2. The molecule has 1 aromatic heterocycles. The maximum absolute atomic E-state index is 13.5. The second kappa shape index (κ2) is 9.55. The zero-order valence-electron chi connectivity index (χ0n) is 21.6. The Kier molecular flexibility index (Phi) is 6.52. The van der Waals surface area contributed by atoms with Gasteiger partial charge in [0.25, 0.3) is 0 Å². The van der Waals surface area contributed by atoms with E-state index in [0.717, 1.165) is 18.6 Å². The first-order valence-corrected chi connectivity index (χ1v) is 12.7. The molecule has 1 unspecified atom stereocenters.